The van der Waals surface area contributed by atoms with Gasteiger partial charge in [0.25, 0.3) is 0 Å². The summed E-state index contributed by atoms with van der Waals surface area (Å²) in [5.41, 5.74) is 10.5. The monoisotopic (exact) mass is 625 g/mol. The molecule has 0 fully saturated rings. The quantitative estimate of drug-likeness (QED) is 0.185. The molecule has 2 aromatic heterocycles. The van der Waals surface area contributed by atoms with Crippen molar-refractivity contribution >= 4 is 71.4 Å². The van der Waals surface area contributed by atoms with Crippen LogP contribution in [0.3, 0.4) is 0 Å². The number of hydrogen-bond donors (Lipinski definition) is 0. The second-order valence-corrected chi connectivity index (χ2v) is 12.6. The van der Waals surface area contributed by atoms with Gasteiger partial charge in [-0.05, 0) is 84.2 Å². The number of fused-ring (bicyclic) bond motifs is 7. The molecule has 0 atom stereocenters. The summed E-state index contributed by atoms with van der Waals surface area (Å²) in [6.07, 6.45) is 0. The van der Waals surface area contributed by atoms with Crippen LogP contribution >= 0.6 is 0 Å². The van der Waals surface area contributed by atoms with Crippen molar-refractivity contribution in [1.82, 2.24) is 9.13 Å². The first-order chi connectivity index (χ1) is 24.3. The first kappa shape index (κ1) is 27.5. The molecule has 8 aromatic carbocycles. The molecule has 3 nitrogen and oxygen atoms in total. The van der Waals surface area contributed by atoms with E-state index in [0.29, 0.717) is 0 Å². The molecule has 0 N–H and O–H groups in total. The minimum atomic E-state index is 1.10. The normalized spacial score (nSPS) is 11.7. The van der Waals surface area contributed by atoms with Crippen LogP contribution in [0.4, 0.5) is 17.1 Å². The standard InChI is InChI=1S/C46H31N3/c1-2-14-37-32(12-1)13-11-23-42(37)47(33-24-28-35(29-25-33)48-43-19-7-3-15-38(43)39-16-4-8-20-44(39)48)34-26-30-36(31-27-34)49-45-21-9-5-17-40(45)41-18-6-10-22-46(41)49/h1-31H. The van der Waals surface area contributed by atoms with E-state index in [1.54, 1.807) is 0 Å². The van der Waals surface area contributed by atoms with E-state index in [2.05, 4.69) is 202 Å². The van der Waals surface area contributed by atoms with Gasteiger partial charge in [-0.3, -0.25) is 0 Å². The van der Waals surface area contributed by atoms with Crippen LogP contribution in [0.15, 0.2) is 188 Å². The molecule has 0 saturated carbocycles. The molecule has 0 radical (unpaired) electrons. The van der Waals surface area contributed by atoms with Gasteiger partial charge in [0.2, 0.25) is 0 Å². The van der Waals surface area contributed by atoms with Gasteiger partial charge in [0.15, 0.2) is 0 Å². The highest BCUT2D eigenvalue weighted by atomic mass is 15.1. The second-order valence-electron chi connectivity index (χ2n) is 12.6. The van der Waals surface area contributed by atoms with E-state index in [1.807, 2.05) is 0 Å². The van der Waals surface area contributed by atoms with Gasteiger partial charge < -0.3 is 14.0 Å². The van der Waals surface area contributed by atoms with Crippen LogP contribution in [-0.2, 0) is 0 Å². The van der Waals surface area contributed by atoms with Crippen LogP contribution < -0.4 is 4.90 Å². The van der Waals surface area contributed by atoms with E-state index < -0.39 is 0 Å². The third-order valence-electron chi connectivity index (χ3n) is 9.90. The lowest BCUT2D eigenvalue weighted by Crippen LogP contribution is -2.11. The largest absolute Gasteiger partial charge is 0.310 e. The van der Waals surface area contributed by atoms with Gasteiger partial charge in [0, 0.05) is 49.7 Å². The highest BCUT2D eigenvalue weighted by Crippen LogP contribution is 2.41. The van der Waals surface area contributed by atoms with Gasteiger partial charge in [-0.15, -0.1) is 0 Å². The van der Waals surface area contributed by atoms with Crippen LogP contribution in [0.2, 0.25) is 0 Å². The van der Waals surface area contributed by atoms with Crippen LogP contribution in [0, 0.1) is 0 Å². The first-order valence-corrected chi connectivity index (χ1v) is 16.8. The highest BCUT2D eigenvalue weighted by molar-refractivity contribution is 6.10. The van der Waals surface area contributed by atoms with Crippen molar-refractivity contribution in [2.45, 2.75) is 0 Å². The van der Waals surface area contributed by atoms with Crippen LogP contribution in [0.1, 0.15) is 0 Å². The van der Waals surface area contributed by atoms with Crippen molar-refractivity contribution in [2.75, 3.05) is 4.90 Å². The van der Waals surface area contributed by atoms with Crippen molar-refractivity contribution in [3.8, 4) is 11.4 Å². The van der Waals surface area contributed by atoms with Crippen LogP contribution in [-0.4, -0.2) is 9.13 Å². The molecular formula is C46H31N3. The second kappa shape index (κ2) is 11.0. The lowest BCUT2D eigenvalue weighted by molar-refractivity contribution is 1.17. The molecule has 0 aliphatic heterocycles. The zero-order valence-electron chi connectivity index (χ0n) is 26.7. The van der Waals surface area contributed by atoms with Crippen molar-refractivity contribution in [3.63, 3.8) is 0 Å². The maximum atomic E-state index is 2.38. The van der Waals surface area contributed by atoms with E-state index in [9.17, 15) is 0 Å². The third kappa shape index (κ3) is 4.29. The molecule has 0 aliphatic carbocycles. The van der Waals surface area contributed by atoms with Gasteiger partial charge in [0.05, 0.1) is 27.8 Å². The summed E-state index contributed by atoms with van der Waals surface area (Å²) in [7, 11) is 0. The Bertz CT molecular complexity index is 2550. The molecule has 0 aliphatic rings. The molecule has 3 heteroatoms. The van der Waals surface area contributed by atoms with E-state index in [1.165, 1.54) is 54.4 Å². The van der Waals surface area contributed by atoms with Crippen LogP contribution in [0.5, 0.6) is 0 Å². The Labute approximate surface area is 284 Å². The molecule has 0 spiro atoms. The highest BCUT2D eigenvalue weighted by Gasteiger charge is 2.18. The Balaban J connectivity index is 1.13. The fourth-order valence-electron chi connectivity index (χ4n) is 7.73. The van der Waals surface area contributed by atoms with E-state index >= 15 is 0 Å². The summed E-state index contributed by atoms with van der Waals surface area (Å²) < 4.78 is 4.74. The fraction of sp³-hybridized carbons (Fsp3) is 0. The molecule has 0 saturated heterocycles. The molecule has 49 heavy (non-hydrogen) atoms. The van der Waals surface area contributed by atoms with Gasteiger partial charge in [-0.2, -0.15) is 0 Å². The summed E-state index contributed by atoms with van der Waals surface area (Å²) in [5.74, 6) is 0. The van der Waals surface area contributed by atoms with Gasteiger partial charge in [0.1, 0.15) is 0 Å². The van der Waals surface area contributed by atoms with Gasteiger partial charge in [-0.1, -0.05) is 109 Å². The zero-order chi connectivity index (χ0) is 32.3. The average Bonchev–Trinajstić information content (AvgIpc) is 3.69. The predicted molar refractivity (Wildman–Crippen MR) is 207 cm³/mol. The fourth-order valence-corrected chi connectivity index (χ4v) is 7.73. The molecule has 2 heterocycles. The molecule has 230 valence electrons. The first-order valence-electron chi connectivity index (χ1n) is 16.8. The van der Waals surface area contributed by atoms with Crippen molar-refractivity contribution in [3.05, 3.63) is 188 Å². The molecule has 0 unspecified atom stereocenters. The predicted octanol–water partition coefficient (Wildman–Crippen LogP) is 12.5. The Morgan fingerprint density at radius 2 is 0.633 bits per heavy atom. The summed E-state index contributed by atoms with van der Waals surface area (Å²) >= 11 is 0. The Morgan fingerprint density at radius 3 is 1.06 bits per heavy atom. The lowest BCUT2D eigenvalue weighted by Gasteiger charge is -2.27. The molecular weight excluding hydrogens is 595 g/mol. The SMILES string of the molecule is c1ccc2c(N(c3ccc(-n4c5ccccc5c5ccccc54)cc3)c3ccc(-n4c5ccccc5c5ccccc54)cc3)cccc2c1. The number of hydrogen-bond acceptors (Lipinski definition) is 1. The smallest absolute Gasteiger partial charge is 0.0541 e. The zero-order valence-corrected chi connectivity index (χ0v) is 26.7. The van der Waals surface area contributed by atoms with E-state index in [-0.39, 0.29) is 0 Å². The maximum absolute atomic E-state index is 2.38. The summed E-state index contributed by atoms with van der Waals surface area (Å²) in [6.45, 7) is 0. The molecule has 10 rings (SSSR count). The molecule has 10 aromatic rings. The van der Waals surface area contributed by atoms with Crippen LogP contribution in [0.25, 0.3) is 65.8 Å². The maximum Gasteiger partial charge on any atom is 0.0541 e. The molecule has 0 amide bonds. The topological polar surface area (TPSA) is 13.1 Å². The number of anilines is 3. The number of rotatable bonds is 5. The summed E-state index contributed by atoms with van der Waals surface area (Å²) in [4.78, 5) is 2.38. The molecule has 0 bridgehead atoms. The van der Waals surface area contributed by atoms with Crippen molar-refractivity contribution in [1.29, 1.82) is 0 Å². The van der Waals surface area contributed by atoms with E-state index in [0.717, 1.165) is 28.4 Å². The Morgan fingerprint density at radius 1 is 0.286 bits per heavy atom. The minimum absolute atomic E-state index is 1.10. The average molecular weight is 626 g/mol. The van der Waals surface area contributed by atoms with Gasteiger partial charge >= 0.3 is 0 Å². The third-order valence-corrected chi connectivity index (χ3v) is 9.90. The number of aromatic nitrogens is 2. The van der Waals surface area contributed by atoms with Crippen molar-refractivity contribution in [2.24, 2.45) is 0 Å². The van der Waals surface area contributed by atoms with Gasteiger partial charge in [-0.25, -0.2) is 0 Å². The number of para-hydroxylation sites is 4. The Hall–Kier alpha value is -6.58. The Kier molecular flexibility index (Phi) is 6.18. The number of benzene rings is 8. The summed E-state index contributed by atoms with van der Waals surface area (Å²) in [5, 5.41) is 7.49. The van der Waals surface area contributed by atoms with Crippen molar-refractivity contribution < 1.29 is 0 Å². The lowest BCUT2D eigenvalue weighted by atomic mass is 10.1. The number of nitrogens with zero attached hydrogens (tertiary/aromatic N) is 3. The minimum Gasteiger partial charge on any atom is -0.310 e. The van der Waals surface area contributed by atoms with E-state index in [4.69, 9.17) is 0 Å². The summed E-state index contributed by atoms with van der Waals surface area (Å²) in [6, 6.07) is 67.9.